The highest BCUT2D eigenvalue weighted by Crippen LogP contribution is 2.77. The van der Waals surface area contributed by atoms with Gasteiger partial charge in [0.2, 0.25) is 5.95 Å². The predicted molar refractivity (Wildman–Crippen MR) is 195 cm³/mol. The summed E-state index contributed by atoms with van der Waals surface area (Å²) in [4.78, 5) is 18.9. The molecule has 3 aromatic rings. The Labute approximate surface area is 297 Å². The highest BCUT2D eigenvalue weighted by atomic mass is 19.1. The topological polar surface area (TPSA) is 93.9 Å². The fraction of sp³-hybridized carbons (Fsp3) is 0.605. The van der Waals surface area contributed by atoms with Gasteiger partial charge in [-0.2, -0.15) is 9.49 Å². The third-order valence-electron chi connectivity index (χ3n) is 15.7. The van der Waals surface area contributed by atoms with Crippen molar-refractivity contribution in [3.63, 3.8) is 0 Å². The molecule has 2 aromatic heterocycles. The van der Waals surface area contributed by atoms with Gasteiger partial charge >= 0.3 is 5.97 Å². The van der Waals surface area contributed by atoms with Gasteiger partial charge in [-0.1, -0.05) is 84.4 Å². The van der Waals surface area contributed by atoms with Crippen LogP contribution in [-0.4, -0.2) is 21.2 Å². The van der Waals surface area contributed by atoms with E-state index in [2.05, 4.69) is 63.6 Å². The zero-order valence-corrected chi connectivity index (χ0v) is 31.1. The van der Waals surface area contributed by atoms with Crippen molar-refractivity contribution in [3.05, 3.63) is 82.6 Å². The number of hydrogen-bond acceptors (Lipinski definition) is 5. The first-order valence-corrected chi connectivity index (χ1v) is 19.0. The molecule has 0 radical (unpaired) electrons. The summed E-state index contributed by atoms with van der Waals surface area (Å²) in [6.07, 6.45) is 10.3. The van der Waals surface area contributed by atoms with Gasteiger partial charge in [-0.15, -0.1) is 0 Å². The molecule has 0 amide bonds. The van der Waals surface area contributed by atoms with Gasteiger partial charge in [-0.05, 0) is 126 Å². The van der Waals surface area contributed by atoms with Crippen molar-refractivity contribution in [1.29, 1.82) is 0 Å². The van der Waals surface area contributed by atoms with Crippen molar-refractivity contribution < 1.29 is 13.9 Å². The number of carbonyl (C=O) groups excluding carboxylic acids is 1. The third kappa shape index (κ3) is 4.59. The van der Waals surface area contributed by atoms with Crippen molar-refractivity contribution >= 4 is 17.4 Å². The standard InChI is InChI=1S/C43H55FN4O2/c1-38(2)17-19-43(37(49)50-25-26-11-9-8-10-12-26)20-18-42(7)34(30(43)23-38)28(27-13-14-33(44)46-24-27)21-32-40(5)22-29-35(47-48-36(29)45)39(3,4)31(40)15-16-41(32,42)6/h8-14,24,30-32H,15-23,25H2,1-7H3,(H3,45,47,48)/t30-,31-,32?,40-,41+,42+,43-/m0/s1. The summed E-state index contributed by atoms with van der Waals surface area (Å²) < 4.78 is 20.8. The molecule has 266 valence electrons. The maximum Gasteiger partial charge on any atom is 0.313 e. The lowest BCUT2D eigenvalue weighted by atomic mass is 9.33. The smallest absolute Gasteiger partial charge is 0.313 e. The summed E-state index contributed by atoms with van der Waals surface area (Å²) in [6, 6.07) is 13.5. The first kappa shape index (κ1) is 33.7. The second kappa shape index (κ2) is 11.0. The molecule has 3 saturated carbocycles. The molecule has 0 aliphatic heterocycles. The minimum atomic E-state index is -0.588. The fourth-order valence-electron chi connectivity index (χ4n) is 12.9. The van der Waals surface area contributed by atoms with Gasteiger partial charge in [0.15, 0.2) is 0 Å². The van der Waals surface area contributed by atoms with E-state index in [0.29, 0.717) is 17.7 Å². The molecule has 0 spiro atoms. The Morgan fingerprint density at radius 2 is 1.70 bits per heavy atom. The summed E-state index contributed by atoms with van der Waals surface area (Å²) >= 11 is 0. The molecule has 0 bridgehead atoms. The number of hydrogen-bond donors (Lipinski definition) is 2. The highest BCUT2D eigenvalue weighted by molar-refractivity contribution is 5.81. The number of ether oxygens (including phenoxy) is 1. The Morgan fingerprint density at radius 1 is 0.960 bits per heavy atom. The normalized spacial score (nSPS) is 36.7. The fourth-order valence-corrected chi connectivity index (χ4v) is 12.9. The summed E-state index contributed by atoms with van der Waals surface area (Å²) in [6.45, 7) is 17.4. The predicted octanol–water partition coefficient (Wildman–Crippen LogP) is 9.61. The van der Waals surface area contributed by atoms with Crippen LogP contribution in [0.4, 0.5) is 10.2 Å². The Morgan fingerprint density at radius 3 is 2.42 bits per heavy atom. The number of nitrogens with one attached hydrogen (secondary N) is 1. The number of nitrogen functional groups attached to an aromatic ring is 1. The second-order valence-corrected chi connectivity index (χ2v) is 18.9. The molecular formula is C43H55FN4O2. The summed E-state index contributed by atoms with van der Waals surface area (Å²) in [5, 5.41) is 7.87. The van der Waals surface area contributed by atoms with Gasteiger partial charge in [0.1, 0.15) is 12.4 Å². The van der Waals surface area contributed by atoms with E-state index in [-0.39, 0.29) is 45.6 Å². The maximum atomic E-state index is 14.7. The van der Waals surface area contributed by atoms with Gasteiger partial charge in [0, 0.05) is 22.9 Å². The summed E-state index contributed by atoms with van der Waals surface area (Å²) in [5.74, 6) is 0.942. The quantitative estimate of drug-likeness (QED) is 0.212. The van der Waals surface area contributed by atoms with Crippen molar-refractivity contribution in [2.45, 2.75) is 118 Å². The van der Waals surface area contributed by atoms with E-state index < -0.39 is 11.4 Å². The highest BCUT2D eigenvalue weighted by Gasteiger charge is 2.70. The lowest BCUT2D eigenvalue weighted by molar-refractivity contribution is -0.181. The monoisotopic (exact) mass is 678 g/mol. The molecule has 1 unspecified atom stereocenters. The van der Waals surface area contributed by atoms with Crippen molar-refractivity contribution in [3.8, 4) is 0 Å². The lowest BCUT2D eigenvalue weighted by Gasteiger charge is -2.71. The van der Waals surface area contributed by atoms with Gasteiger partial charge < -0.3 is 10.5 Å². The minimum Gasteiger partial charge on any atom is -0.460 e. The maximum absolute atomic E-state index is 14.7. The molecule has 1 aromatic carbocycles. The van der Waals surface area contributed by atoms with E-state index >= 15 is 0 Å². The van der Waals surface area contributed by atoms with Gasteiger partial charge in [-0.3, -0.25) is 9.89 Å². The number of aromatic nitrogens is 3. The molecular weight excluding hydrogens is 623 g/mol. The number of carbonyl (C=O) groups is 1. The number of allylic oxidation sites excluding steroid dienone is 2. The van der Waals surface area contributed by atoms with Crippen LogP contribution >= 0.6 is 0 Å². The molecule has 5 aliphatic carbocycles. The van der Waals surface area contributed by atoms with E-state index in [0.717, 1.165) is 68.9 Å². The number of esters is 1. The van der Waals surface area contributed by atoms with Gasteiger partial charge in [0.25, 0.3) is 0 Å². The van der Waals surface area contributed by atoms with E-state index in [1.54, 1.807) is 6.20 Å². The molecule has 2 heterocycles. The number of rotatable bonds is 4. The van der Waals surface area contributed by atoms with Crippen LogP contribution in [0.5, 0.6) is 0 Å². The number of pyridine rings is 1. The SMILES string of the molecule is CC1(C)CC[C@]2(C(=O)OCc3ccccc3)CC[C@]3(C)C(=C(c4ccc(F)nc4)CC4[C@@]5(C)Cc6c(N)n[nH]c6C(C)(C)[C@@H]5CC[C@]43C)[C@@H]2C1. The van der Waals surface area contributed by atoms with Crippen molar-refractivity contribution in [2.24, 2.45) is 44.8 Å². The van der Waals surface area contributed by atoms with Gasteiger partial charge in [0.05, 0.1) is 5.41 Å². The first-order valence-electron chi connectivity index (χ1n) is 19.0. The third-order valence-corrected chi connectivity index (χ3v) is 15.7. The molecule has 7 atom stereocenters. The summed E-state index contributed by atoms with van der Waals surface area (Å²) in [7, 11) is 0. The Balaban J connectivity index is 1.30. The van der Waals surface area contributed by atoms with Crippen LogP contribution in [0.25, 0.3) is 5.57 Å². The van der Waals surface area contributed by atoms with Crippen LogP contribution in [0.1, 0.15) is 122 Å². The molecule has 6 nitrogen and oxygen atoms in total. The van der Waals surface area contributed by atoms with Crippen LogP contribution in [0.3, 0.4) is 0 Å². The second-order valence-electron chi connectivity index (χ2n) is 18.9. The van der Waals surface area contributed by atoms with Crippen LogP contribution in [0.15, 0.2) is 54.2 Å². The van der Waals surface area contributed by atoms with E-state index in [1.807, 2.05) is 36.4 Å². The zero-order chi connectivity index (χ0) is 35.5. The zero-order valence-electron chi connectivity index (χ0n) is 31.1. The van der Waals surface area contributed by atoms with E-state index in [4.69, 9.17) is 10.5 Å². The van der Waals surface area contributed by atoms with E-state index in [1.165, 1.54) is 28.5 Å². The Kier molecular flexibility index (Phi) is 7.41. The van der Waals surface area contributed by atoms with Crippen LogP contribution in [0.2, 0.25) is 0 Å². The molecule has 3 fully saturated rings. The molecule has 7 heteroatoms. The average molecular weight is 679 g/mol. The number of nitrogens with zero attached hydrogens (tertiary/aromatic N) is 2. The van der Waals surface area contributed by atoms with Crippen molar-refractivity contribution in [2.75, 3.05) is 5.73 Å². The minimum absolute atomic E-state index is 0.0156. The first-order chi connectivity index (χ1) is 23.6. The number of anilines is 1. The molecule has 50 heavy (non-hydrogen) atoms. The molecule has 0 saturated heterocycles. The average Bonchev–Trinajstić information content (AvgIpc) is 3.44. The Bertz CT molecular complexity index is 1860. The number of fused-ring (bicyclic) bond motifs is 8. The van der Waals surface area contributed by atoms with Crippen molar-refractivity contribution in [1.82, 2.24) is 15.2 Å². The van der Waals surface area contributed by atoms with Crippen LogP contribution in [-0.2, 0) is 28.0 Å². The van der Waals surface area contributed by atoms with E-state index in [9.17, 15) is 9.18 Å². The number of H-pyrrole nitrogens is 1. The molecule has 5 aliphatic rings. The number of benzene rings is 1. The lowest BCUT2D eigenvalue weighted by Crippen LogP contribution is -2.65. The largest absolute Gasteiger partial charge is 0.460 e. The Hall–Kier alpha value is -3.48. The number of aromatic amines is 1. The van der Waals surface area contributed by atoms with Gasteiger partial charge in [-0.25, -0.2) is 4.98 Å². The molecule has 3 N–H and O–H groups in total. The van der Waals surface area contributed by atoms with Crippen LogP contribution < -0.4 is 5.73 Å². The number of halogens is 1. The number of nitrogens with two attached hydrogens (primary N) is 1. The molecule has 8 rings (SSSR count). The summed E-state index contributed by atoms with van der Waals surface area (Å²) in [5.41, 5.74) is 12.9. The van der Waals surface area contributed by atoms with Crippen LogP contribution in [0, 0.1) is 50.8 Å².